The van der Waals surface area contributed by atoms with Gasteiger partial charge in [0, 0.05) is 11.0 Å². The molecule has 102 valence electrons. The van der Waals surface area contributed by atoms with Gasteiger partial charge in [-0.15, -0.1) is 0 Å². The summed E-state index contributed by atoms with van der Waals surface area (Å²) in [5, 5.41) is 0. The first-order valence-corrected chi connectivity index (χ1v) is 6.43. The third-order valence-corrected chi connectivity index (χ3v) is 3.26. The molecular weight excluding hydrogens is 236 g/mol. The van der Waals surface area contributed by atoms with Gasteiger partial charge in [0.05, 0.1) is 0 Å². The summed E-state index contributed by atoms with van der Waals surface area (Å²) in [6, 6.07) is 6.24. The van der Waals surface area contributed by atoms with Crippen molar-refractivity contribution in [2.45, 2.75) is 40.0 Å². The van der Waals surface area contributed by atoms with Gasteiger partial charge in [0.15, 0.2) is 5.82 Å². The van der Waals surface area contributed by atoms with Crippen molar-refractivity contribution in [1.29, 1.82) is 0 Å². The predicted octanol–water partition coefficient (Wildman–Crippen LogP) is 2.76. The lowest BCUT2D eigenvalue weighted by Crippen LogP contribution is -2.24. The molecule has 4 nitrogen and oxygen atoms in total. The summed E-state index contributed by atoms with van der Waals surface area (Å²) in [4.78, 5) is 4.65. The van der Waals surface area contributed by atoms with Crippen molar-refractivity contribution in [2.24, 2.45) is 0 Å². The molecule has 1 aromatic carbocycles. The van der Waals surface area contributed by atoms with E-state index in [9.17, 15) is 0 Å². The molecule has 2 aromatic rings. The van der Waals surface area contributed by atoms with E-state index in [1.54, 1.807) is 0 Å². The minimum absolute atomic E-state index is 0.139. The number of anilines is 1. The number of hydrogen-bond acceptors (Lipinski definition) is 3. The Morgan fingerprint density at radius 3 is 2.26 bits per heavy atom. The van der Waals surface area contributed by atoms with Gasteiger partial charge in [0.2, 0.25) is 0 Å². The number of nitrogens with two attached hydrogens (primary N) is 2. The molecule has 0 fully saturated rings. The zero-order valence-corrected chi connectivity index (χ0v) is 12.3. The molecule has 0 aliphatic carbocycles. The van der Waals surface area contributed by atoms with Crippen molar-refractivity contribution in [3.63, 3.8) is 0 Å². The predicted molar refractivity (Wildman–Crippen MR) is 80.4 cm³/mol. The minimum atomic E-state index is -0.139. The van der Waals surface area contributed by atoms with Crippen LogP contribution in [-0.2, 0) is 5.41 Å². The Bertz CT molecular complexity index is 618. The second-order valence-corrected chi connectivity index (χ2v) is 6.11. The summed E-state index contributed by atoms with van der Waals surface area (Å²) in [6.45, 7) is 10.4. The molecule has 0 bridgehead atoms. The maximum Gasteiger partial charge on any atom is 0.150 e. The van der Waals surface area contributed by atoms with Crippen LogP contribution < -0.4 is 11.6 Å². The maximum atomic E-state index is 6.11. The Morgan fingerprint density at radius 1 is 1.16 bits per heavy atom. The lowest BCUT2D eigenvalue weighted by molar-refractivity contribution is 0.532. The Morgan fingerprint density at radius 2 is 1.79 bits per heavy atom. The number of nitrogen functional groups attached to an aromatic ring is 2. The number of nitrogens with zero attached hydrogens (tertiary/aromatic N) is 2. The van der Waals surface area contributed by atoms with E-state index >= 15 is 0 Å². The molecule has 0 aliphatic heterocycles. The van der Waals surface area contributed by atoms with Gasteiger partial charge in [-0.05, 0) is 19.4 Å². The molecule has 1 heterocycles. The van der Waals surface area contributed by atoms with Crippen molar-refractivity contribution >= 4 is 5.82 Å². The molecule has 0 spiro atoms. The first-order valence-electron chi connectivity index (χ1n) is 6.43. The molecule has 19 heavy (non-hydrogen) atoms. The highest BCUT2D eigenvalue weighted by Gasteiger charge is 2.24. The first kappa shape index (κ1) is 13.5. The molecule has 0 atom stereocenters. The van der Waals surface area contributed by atoms with Gasteiger partial charge < -0.3 is 11.6 Å². The largest absolute Gasteiger partial charge is 0.382 e. The van der Waals surface area contributed by atoms with Crippen molar-refractivity contribution in [1.82, 2.24) is 9.66 Å². The maximum absolute atomic E-state index is 6.11. The van der Waals surface area contributed by atoms with Crippen LogP contribution in [0.3, 0.4) is 0 Å². The highest BCUT2D eigenvalue weighted by molar-refractivity contribution is 5.74. The summed E-state index contributed by atoms with van der Waals surface area (Å²) in [6.07, 6.45) is 0. The summed E-state index contributed by atoms with van der Waals surface area (Å²) in [7, 11) is 0. The van der Waals surface area contributed by atoms with E-state index in [1.165, 1.54) is 10.2 Å². The second kappa shape index (κ2) is 4.30. The Hall–Kier alpha value is -1.97. The minimum Gasteiger partial charge on any atom is -0.382 e. The molecule has 1 aromatic heterocycles. The second-order valence-electron chi connectivity index (χ2n) is 6.11. The monoisotopic (exact) mass is 258 g/mol. The number of rotatable bonds is 1. The van der Waals surface area contributed by atoms with Gasteiger partial charge in [-0.3, -0.25) is 0 Å². The molecule has 0 unspecified atom stereocenters. The topological polar surface area (TPSA) is 69.9 Å². The highest BCUT2D eigenvalue weighted by atomic mass is 15.4. The van der Waals surface area contributed by atoms with Crippen molar-refractivity contribution in [3.8, 4) is 11.3 Å². The standard InChI is InChI=1S/C15H22N4/c1-9-6-7-11(10(2)8-9)12-13(16)19(17)14(18-12)15(3,4)5/h6-8H,16-17H2,1-5H3. The smallest absolute Gasteiger partial charge is 0.150 e. The van der Waals surface area contributed by atoms with E-state index in [0.29, 0.717) is 5.82 Å². The van der Waals surface area contributed by atoms with Crippen molar-refractivity contribution < 1.29 is 0 Å². The molecule has 0 aliphatic rings. The molecule has 4 heteroatoms. The fourth-order valence-electron chi connectivity index (χ4n) is 2.25. The Balaban J connectivity index is 2.64. The van der Waals surface area contributed by atoms with Gasteiger partial charge in [-0.2, -0.15) is 0 Å². The summed E-state index contributed by atoms with van der Waals surface area (Å²) in [5.74, 6) is 7.34. The molecule has 4 N–H and O–H groups in total. The quantitative estimate of drug-likeness (QED) is 0.773. The zero-order chi connectivity index (χ0) is 14.4. The van der Waals surface area contributed by atoms with E-state index in [-0.39, 0.29) is 5.41 Å². The van der Waals surface area contributed by atoms with Crippen LogP contribution in [0, 0.1) is 13.8 Å². The average molecular weight is 258 g/mol. The molecule has 0 amide bonds. The van der Waals surface area contributed by atoms with E-state index in [1.807, 2.05) is 0 Å². The molecule has 0 saturated carbocycles. The lowest BCUT2D eigenvalue weighted by Gasteiger charge is -2.17. The van der Waals surface area contributed by atoms with Gasteiger partial charge >= 0.3 is 0 Å². The zero-order valence-electron chi connectivity index (χ0n) is 12.3. The number of aryl methyl sites for hydroxylation is 2. The number of aromatic nitrogens is 2. The molecular formula is C15H22N4. The van der Waals surface area contributed by atoms with Crippen molar-refractivity contribution in [3.05, 3.63) is 35.2 Å². The van der Waals surface area contributed by atoms with Crippen LogP contribution >= 0.6 is 0 Å². The lowest BCUT2D eigenvalue weighted by atomic mass is 9.96. The van der Waals surface area contributed by atoms with Crippen LogP contribution in [0.25, 0.3) is 11.3 Å². The van der Waals surface area contributed by atoms with E-state index in [2.05, 4.69) is 57.8 Å². The van der Waals surface area contributed by atoms with Crippen LogP contribution in [0.4, 0.5) is 5.82 Å². The third kappa shape index (κ3) is 2.30. The highest BCUT2D eigenvalue weighted by Crippen LogP contribution is 2.32. The van der Waals surface area contributed by atoms with Gasteiger partial charge in [0.25, 0.3) is 0 Å². The Labute approximate surface area is 114 Å². The van der Waals surface area contributed by atoms with Gasteiger partial charge in [-0.25, -0.2) is 9.66 Å². The van der Waals surface area contributed by atoms with Crippen LogP contribution in [0.2, 0.25) is 0 Å². The van der Waals surface area contributed by atoms with Crippen LogP contribution in [0.15, 0.2) is 18.2 Å². The van der Waals surface area contributed by atoms with Crippen molar-refractivity contribution in [2.75, 3.05) is 11.6 Å². The fourth-order valence-corrected chi connectivity index (χ4v) is 2.25. The summed E-state index contributed by atoms with van der Waals surface area (Å²) < 4.78 is 1.49. The van der Waals surface area contributed by atoms with E-state index in [0.717, 1.165) is 22.6 Å². The van der Waals surface area contributed by atoms with E-state index < -0.39 is 0 Å². The number of benzene rings is 1. The fraction of sp³-hybridized carbons (Fsp3) is 0.400. The van der Waals surface area contributed by atoms with Crippen LogP contribution in [-0.4, -0.2) is 9.66 Å². The normalized spacial score (nSPS) is 11.8. The van der Waals surface area contributed by atoms with E-state index in [4.69, 9.17) is 11.6 Å². The molecule has 2 rings (SSSR count). The van der Waals surface area contributed by atoms with Crippen LogP contribution in [0.5, 0.6) is 0 Å². The SMILES string of the molecule is Cc1ccc(-c2nc(C(C)(C)C)n(N)c2N)c(C)c1. The summed E-state index contributed by atoms with van der Waals surface area (Å²) >= 11 is 0. The van der Waals surface area contributed by atoms with Crippen LogP contribution in [0.1, 0.15) is 37.7 Å². The summed E-state index contributed by atoms with van der Waals surface area (Å²) in [5.41, 5.74) is 10.2. The average Bonchev–Trinajstić information content (AvgIpc) is 2.56. The first-order chi connectivity index (χ1) is 8.71. The number of imidazole rings is 1. The Kier molecular flexibility index (Phi) is 3.04. The van der Waals surface area contributed by atoms with Gasteiger partial charge in [-0.1, -0.05) is 44.5 Å². The third-order valence-electron chi connectivity index (χ3n) is 3.26. The number of hydrogen-bond donors (Lipinski definition) is 2. The molecule has 0 saturated heterocycles. The van der Waals surface area contributed by atoms with Gasteiger partial charge in [0.1, 0.15) is 11.5 Å². The molecule has 0 radical (unpaired) electrons.